The molecule has 2 aromatic heterocycles. The zero-order chi connectivity index (χ0) is 15.4. The van der Waals surface area contributed by atoms with Gasteiger partial charge in [0.15, 0.2) is 5.01 Å². The van der Waals surface area contributed by atoms with E-state index in [0.717, 1.165) is 15.7 Å². The molecule has 0 aliphatic rings. The summed E-state index contributed by atoms with van der Waals surface area (Å²) in [5.74, 6) is -0.318. The Kier molecular flexibility index (Phi) is 4.53. The molecule has 0 fully saturated rings. The summed E-state index contributed by atoms with van der Waals surface area (Å²) in [7, 11) is 0. The highest BCUT2D eigenvalue weighted by atomic mass is 32.1. The number of aromatic nitrogens is 2. The zero-order valence-corrected chi connectivity index (χ0v) is 13.1. The van der Waals surface area contributed by atoms with Crippen molar-refractivity contribution < 1.29 is 9.90 Å². The Morgan fingerprint density at radius 1 is 1.00 bits per heavy atom. The molecule has 0 saturated carbocycles. The van der Waals surface area contributed by atoms with E-state index < -0.39 is 6.61 Å². The van der Waals surface area contributed by atoms with Crippen LogP contribution in [0.5, 0.6) is 0 Å². The molecule has 2 aromatic carbocycles. The van der Waals surface area contributed by atoms with Crippen molar-refractivity contribution in [2.45, 2.75) is 0 Å². The van der Waals surface area contributed by atoms with Gasteiger partial charge in [0.05, 0.1) is 25.9 Å². The number of carbonyl (C=O) groups excluding carboxylic acids is 1. The molecule has 2 heterocycles. The number of hydrogen-bond donors (Lipinski definition) is 1. The molecule has 0 radical (unpaired) electrons. The molecule has 6 heteroatoms. The summed E-state index contributed by atoms with van der Waals surface area (Å²) in [6.45, 7) is -0.472. The lowest BCUT2D eigenvalue weighted by Crippen LogP contribution is -2.02. The fourth-order valence-electron chi connectivity index (χ4n) is 1.86. The molecular weight excluding hydrogens is 316 g/mol. The number of hydrogen-bond acceptors (Lipinski definition) is 6. The second-order valence-corrected chi connectivity index (χ2v) is 6.31. The van der Waals surface area contributed by atoms with E-state index in [-0.39, 0.29) is 5.78 Å². The summed E-state index contributed by atoms with van der Waals surface area (Å²) in [6, 6.07) is 15.6. The van der Waals surface area contributed by atoms with Crippen LogP contribution in [0, 0.1) is 0 Å². The number of aliphatic hydroxyl groups is 1. The summed E-state index contributed by atoms with van der Waals surface area (Å²) >= 11 is 2.99. The van der Waals surface area contributed by atoms with Gasteiger partial charge in [0.2, 0.25) is 5.78 Å². The molecule has 0 amide bonds. The molecule has 22 heavy (non-hydrogen) atoms. The van der Waals surface area contributed by atoms with Crippen LogP contribution in [-0.2, 0) is 0 Å². The minimum Gasteiger partial charge on any atom is -0.388 e. The third-order valence-electron chi connectivity index (χ3n) is 2.91. The number of nitrogens with zero attached hydrogens (tertiary/aromatic N) is 2. The van der Waals surface area contributed by atoms with E-state index in [1.165, 1.54) is 16.0 Å². The third kappa shape index (κ3) is 3.19. The number of ketones is 1. The van der Waals surface area contributed by atoms with Crippen molar-refractivity contribution in [1.82, 2.24) is 9.97 Å². The highest BCUT2D eigenvalue weighted by molar-refractivity contribution is 7.20. The fourth-order valence-corrected chi connectivity index (χ4v) is 3.44. The van der Waals surface area contributed by atoms with E-state index in [1.54, 1.807) is 11.3 Å². The van der Waals surface area contributed by atoms with Gasteiger partial charge >= 0.3 is 0 Å². The van der Waals surface area contributed by atoms with Gasteiger partial charge in [-0.15, -0.1) is 22.7 Å². The molecule has 1 N–H and O–H groups in total. The third-order valence-corrected chi connectivity index (χ3v) is 4.80. The van der Waals surface area contributed by atoms with Gasteiger partial charge in [0, 0.05) is 0 Å². The molecule has 0 saturated heterocycles. The van der Waals surface area contributed by atoms with E-state index in [2.05, 4.69) is 16.0 Å². The number of rotatable bonds is 2. The topological polar surface area (TPSA) is 63.1 Å². The largest absolute Gasteiger partial charge is 0.388 e. The van der Waals surface area contributed by atoms with E-state index >= 15 is 0 Å². The van der Waals surface area contributed by atoms with Crippen molar-refractivity contribution in [3.8, 4) is 0 Å². The standard InChI is InChI=1S/C9H7NO2S.C7H5NS/c11-5-7(12)9-10-6-3-1-2-4-8(6)13-9;1-2-4-7-6(3-1)8-5-9-7/h1-4,11H,5H2;1-5H. The lowest BCUT2D eigenvalue weighted by Gasteiger charge is -1.85. The normalized spacial score (nSPS) is 10.4. The van der Waals surface area contributed by atoms with Crippen LogP contribution in [0.1, 0.15) is 9.80 Å². The maximum absolute atomic E-state index is 11.1. The van der Waals surface area contributed by atoms with Crippen molar-refractivity contribution in [1.29, 1.82) is 0 Å². The van der Waals surface area contributed by atoms with E-state index in [4.69, 9.17) is 5.11 Å². The molecule has 0 aliphatic carbocycles. The Balaban J connectivity index is 0.000000139. The molecule has 0 unspecified atom stereocenters. The van der Waals surface area contributed by atoms with Gasteiger partial charge in [-0.25, -0.2) is 9.97 Å². The lowest BCUT2D eigenvalue weighted by molar-refractivity contribution is 0.0903. The van der Waals surface area contributed by atoms with Gasteiger partial charge < -0.3 is 5.11 Å². The maximum atomic E-state index is 11.1. The summed E-state index contributed by atoms with van der Waals surface area (Å²) in [4.78, 5) is 19.3. The first-order chi connectivity index (χ1) is 10.8. The van der Waals surface area contributed by atoms with Crippen molar-refractivity contribution in [3.63, 3.8) is 0 Å². The predicted octanol–water partition coefficient (Wildman–Crippen LogP) is 3.77. The number of aliphatic hydroxyl groups excluding tert-OH is 1. The average Bonchev–Trinajstić information content (AvgIpc) is 3.20. The van der Waals surface area contributed by atoms with Crippen LogP contribution in [-0.4, -0.2) is 27.5 Å². The Morgan fingerprint density at radius 2 is 1.68 bits per heavy atom. The molecule has 4 nitrogen and oxygen atoms in total. The minimum atomic E-state index is -0.472. The summed E-state index contributed by atoms with van der Waals surface area (Å²) in [6.07, 6.45) is 0. The highest BCUT2D eigenvalue weighted by Crippen LogP contribution is 2.21. The minimum absolute atomic E-state index is 0.318. The summed E-state index contributed by atoms with van der Waals surface area (Å²) in [5.41, 5.74) is 3.77. The molecule has 0 bridgehead atoms. The van der Waals surface area contributed by atoms with Crippen LogP contribution in [0.3, 0.4) is 0 Å². The Hall–Kier alpha value is -2.15. The van der Waals surface area contributed by atoms with Gasteiger partial charge in [-0.2, -0.15) is 0 Å². The first-order valence-corrected chi connectivity index (χ1v) is 8.25. The molecule has 110 valence electrons. The van der Waals surface area contributed by atoms with Crippen molar-refractivity contribution in [2.75, 3.05) is 6.61 Å². The Labute approximate surface area is 134 Å². The second-order valence-electron chi connectivity index (χ2n) is 4.39. The van der Waals surface area contributed by atoms with Gasteiger partial charge in [-0.3, -0.25) is 4.79 Å². The predicted molar refractivity (Wildman–Crippen MR) is 90.7 cm³/mol. The molecule has 4 rings (SSSR count). The molecule has 0 spiro atoms. The number of para-hydroxylation sites is 2. The van der Waals surface area contributed by atoms with Crippen LogP contribution in [0.25, 0.3) is 20.4 Å². The second kappa shape index (κ2) is 6.74. The SMILES string of the molecule is O=C(CO)c1nc2ccccc2s1.c1ccc2scnc2c1. The van der Waals surface area contributed by atoms with Crippen molar-refractivity contribution in [3.05, 3.63) is 59.0 Å². The van der Waals surface area contributed by atoms with Crippen molar-refractivity contribution in [2.24, 2.45) is 0 Å². The maximum Gasteiger partial charge on any atom is 0.216 e. The van der Waals surface area contributed by atoms with Gasteiger partial charge in [0.1, 0.15) is 6.61 Å². The van der Waals surface area contributed by atoms with Crippen LogP contribution in [0.2, 0.25) is 0 Å². The van der Waals surface area contributed by atoms with Gasteiger partial charge in [-0.05, 0) is 24.3 Å². The Morgan fingerprint density at radius 3 is 2.36 bits per heavy atom. The molecule has 0 aliphatic heterocycles. The van der Waals surface area contributed by atoms with Gasteiger partial charge in [-0.1, -0.05) is 24.3 Å². The number of benzene rings is 2. The first-order valence-electron chi connectivity index (χ1n) is 6.56. The smallest absolute Gasteiger partial charge is 0.216 e. The van der Waals surface area contributed by atoms with E-state index in [1.807, 2.05) is 48.0 Å². The van der Waals surface area contributed by atoms with E-state index in [9.17, 15) is 4.79 Å². The monoisotopic (exact) mass is 328 g/mol. The van der Waals surface area contributed by atoms with E-state index in [0.29, 0.717) is 5.01 Å². The molecule has 0 atom stereocenters. The number of carbonyl (C=O) groups is 1. The zero-order valence-electron chi connectivity index (χ0n) is 11.5. The number of fused-ring (bicyclic) bond motifs is 2. The highest BCUT2D eigenvalue weighted by Gasteiger charge is 2.09. The van der Waals surface area contributed by atoms with Crippen LogP contribution in [0.15, 0.2) is 54.0 Å². The van der Waals surface area contributed by atoms with Gasteiger partial charge in [0.25, 0.3) is 0 Å². The van der Waals surface area contributed by atoms with Crippen LogP contribution in [0.4, 0.5) is 0 Å². The fraction of sp³-hybridized carbons (Fsp3) is 0.0625. The quantitative estimate of drug-likeness (QED) is 0.569. The first kappa shape index (κ1) is 14.8. The lowest BCUT2D eigenvalue weighted by atomic mass is 10.3. The average molecular weight is 328 g/mol. The molecule has 4 aromatic rings. The van der Waals surface area contributed by atoms with Crippen LogP contribution < -0.4 is 0 Å². The summed E-state index contributed by atoms with van der Waals surface area (Å²) < 4.78 is 2.23. The Bertz CT molecular complexity index is 851. The summed E-state index contributed by atoms with van der Waals surface area (Å²) in [5, 5.41) is 9.01. The molecular formula is C16H12N2O2S2. The number of Topliss-reactive ketones (excluding diaryl/α,β-unsaturated/α-hetero) is 1. The van der Waals surface area contributed by atoms with Crippen molar-refractivity contribution >= 4 is 48.9 Å². The van der Waals surface area contributed by atoms with Crippen LogP contribution >= 0.6 is 22.7 Å². The number of thiazole rings is 2.